The van der Waals surface area contributed by atoms with Crippen LogP contribution in [0.2, 0.25) is 0 Å². The molecule has 0 radical (unpaired) electrons. The van der Waals surface area contributed by atoms with E-state index in [1.165, 1.54) is 180 Å². The van der Waals surface area contributed by atoms with Gasteiger partial charge in [0.2, 0.25) is 0 Å². The largest absolute Gasteiger partial charge is 0.462 e. The van der Waals surface area contributed by atoms with Crippen LogP contribution in [0.5, 0.6) is 0 Å². The summed E-state index contributed by atoms with van der Waals surface area (Å²) in [6.07, 6.45) is 98.2. The number of allylic oxidation sites excluding steroid dienone is 20. The molecule has 0 N–H and O–H groups in total. The third-order valence-corrected chi connectivity index (χ3v) is 15.0. The smallest absolute Gasteiger partial charge is 0.306 e. The van der Waals surface area contributed by atoms with Gasteiger partial charge in [-0.2, -0.15) is 0 Å². The molecular weight excluding hydrogens is 1020 g/mol. The Morgan fingerprint density at radius 1 is 0.253 bits per heavy atom. The van der Waals surface area contributed by atoms with Crippen LogP contribution < -0.4 is 0 Å². The third-order valence-electron chi connectivity index (χ3n) is 15.0. The molecule has 0 saturated carbocycles. The molecule has 0 rings (SSSR count). The fraction of sp³-hybridized carbons (Fsp3) is 0.701. The van der Waals surface area contributed by atoms with Crippen molar-refractivity contribution in [3.63, 3.8) is 0 Å². The van der Waals surface area contributed by atoms with E-state index in [4.69, 9.17) is 14.2 Å². The fourth-order valence-corrected chi connectivity index (χ4v) is 9.82. The van der Waals surface area contributed by atoms with Gasteiger partial charge in [0.15, 0.2) is 6.10 Å². The van der Waals surface area contributed by atoms with Crippen molar-refractivity contribution in [2.45, 2.75) is 335 Å². The molecule has 1 atom stereocenters. The summed E-state index contributed by atoms with van der Waals surface area (Å²) in [6.45, 7) is 6.38. The fourth-order valence-electron chi connectivity index (χ4n) is 9.82. The Morgan fingerprint density at radius 3 is 0.783 bits per heavy atom. The van der Waals surface area contributed by atoms with Gasteiger partial charge < -0.3 is 14.2 Å². The molecule has 6 heteroatoms. The molecule has 0 fully saturated rings. The number of unbranched alkanes of at least 4 members (excludes halogenated alkanes) is 32. The van der Waals surface area contributed by atoms with Crippen molar-refractivity contribution in [3.05, 3.63) is 122 Å². The molecule has 1 unspecified atom stereocenters. The summed E-state index contributed by atoms with van der Waals surface area (Å²) in [5, 5.41) is 0. The topological polar surface area (TPSA) is 78.9 Å². The van der Waals surface area contributed by atoms with Crippen molar-refractivity contribution in [2.24, 2.45) is 0 Å². The highest BCUT2D eigenvalue weighted by atomic mass is 16.6. The minimum atomic E-state index is -0.818. The Kier molecular flexibility index (Phi) is 66.7. The van der Waals surface area contributed by atoms with Crippen LogP contribution in [0.4, 0.5) is 0 Å². The predicted octanol–water partition coefficient (Wildman–Crippen LogP) is 24.3. The summed E-state index contributed by atoms with van der Waals surface area (Å²) in [7, 11) is 0. The highest BCUT2D eigenvalue weighted by Gasteiger charge is 2.19. The Labute approximate surface area is 513 Å². The molecule has 0 aliphatic carbocycles. The molecule has 0 saturated heterocycles. The summed E-state index contributed by atoms with van der Waals surface area (Å²) in [5.74, 6) is -0.977. The average Bonchev–Trinajstić information content (AvgIpc) is 3.49. The molecule has 0 aliphatic heterocycles. The highest BCUT2D eigenvalue weighted by Crippen LogP contribution is 2.17. The lowest BCUT2D eigenvalue weighted by Crippen LogP contribution is -2.30. The molecule has 83 heavy (non-hydrogen) atoms. The first kappa shape index (κ1) is 78.8. The molecule has 6 nitrogen and oxygen atoms in total. The summed E-state index contributed by atoms with van der Waals surface area (Å²) in [5.41, 5.74) is 0. The number of carbonyl (C=O) groups is 3. The maximum atomic E-state index is 12.9. The molecule has 0 spiro atoms. The van der Waals surface area contributed by atoms with E-state index in [0.29, 0.717) is 19.3 Å². The molecule has 0 aromatic rings. The molecule has 0 bridgehead atoms. The monoisotopic (exact) mass is 1150 g/mol. The lowest BCUT2D eigenvalue weighted by molar-refractivity contribution is -0.166. The summed E-state index contributed by atoms with van der Waals surface area (Å²) in [4.78, 5) is 38.3. The number of rotatable bonds is 63. The zero-order valence-electron chi connectivity index (χ0n) is 54.4. The molecule has 0 aromatic carbocycles. The van der Waals surface area contributed by atoms with Crippen molar-refractivity contribution >= 4 is 17.9 Å². The van der Waals surface area contributed by atoms with E-state index in [-0.39, 0.29) is 37.5 Å². The number of carbonyl (C=O) groups excluding carboxylic acids is 3. The summed E-state index contributed by atoms with van der Waals surface area (Å²) in [6, 6.07) is 0. The van der Waals surface area contributed by atoms with Gasteiger partial charge in [-0.25, -0.2) is 0 Å². The Balaban J connectivity index is 4.24. The van der Waals surface area contributed by atoms with Crippen LogP contribution in [0, 0.1) is 0 Å². The van der Waals surface area contributed by atoms with Crippen LogP contribution in [-0.2, 0) is 28.6 Å². The van der Waals surface area contributed by atoms with Crippen molar-refractivity contribution in [3.8, 4) is 0 Å². The van der Waals surface area contributed by atoms with Crippen molar-refractivity contribution in [1.82, 2.24) is 0 Å². The van der Waals surface area contributed by atoms with Crippen molar-refractivity contribution in [2.75, 3.05) is 13.2 Å². The summed E-state index contributed by atoms with van der Waals surface area (Å²) >= 11 is 0. The Morgan fingerprint density at radius 2 is 0.494 bits per heavy atom. The van der Waals surface area contributed by atoms with Gasteiger partial charge in [0.25, 0.3) is 0 Å². The van der Waals surface area contributed by atoms with Gasteiger partial charge in [0.05, 0.1) is 0 Å². The average molecular weight is 1150 g/mol. The number of ether oxygens (including phenoxy) is 3. The van der Waals surface area contributed by atoms with Crippen LogP contribution >= 0.6 is 0 Å². The first-order chi connectivity index (χ1) is 41.0. The number of esters is 3. The van der Waals surface area contributed by atoms with Gasteiger partial charge in [-0.3, -0.25) is 14.4 Å². The summed E-state index contributed by atoms with van der Waals surface area (Å²) < 4.78 is 16.9. The maximum Gasteiger partial charge on any atom is 0.306 e. The standard InChI is InChI=1S/C77H130O6/c1-4-7-10-13-16-19-22-25-27-29-31-32-33-34-35-36-37-38-39-40-41-42-43-44-46-47-49-52-55-58-61-64-67-70-76(79)82-73-74(72-81-75(78)69-66-63-60-57-54-51-24-21-18-15-12-9-6-3)83-77(80)71-68-65-62-59-56-53-50-48-45-30-28-26-23-20-17-14-11-8-5-2/h7-8,10-11,16-17,19-20,25-28,31-32,45,48,53,56,62,65,74H,4-6,9,12-15,18,21-24,29-30,33-44,46-47,49-52,54-55,57-61,63-64,66-73H2,1-3H3/b10-7-,11-8-,19-16-,20-17-,27-25-,28-26-,32-31-,48-45-,56-53-,65-62-. The van der Waals surface area contributed by atoms with Gasteiger partial charge in [-0.1, -0.05) is 335 Å². The Bertz CT molecular complexity index is 1700. The number of hydrogen-bond acceptors (Lipinski definition) is 6. The van der Waals surface area contributed by atoms with Crippen LogP contribution in [0.3, 0.4) is 0 Å². The van der Waals surface area contributed by atoms with Crippen molar-refractivity contribution < 1.29 is 28.6 Å². The maximum absolute atomic E-state index is 12.9. The normalized spacial score (nSPS) is 12.9. The van der Waals surface area contributed by atoms with E-state index >= 15 is 0 Å². The van der Waals surface area contributed by atoms with Crippen LogP contribution in [0.1, 0.15) is 329 Å². The van der Waals surface area contributed by atoms with Crippen LogP contribution in [0.25, 0.3) is 0 Å². The van der Waals surface area contributed by atoms with Crippen molar-refractivity contribution in [1.29, 1.82) is 0 Å². The van der Waals surface area contributed by atoms with E-state index in [1.54, 1.807) is 0 Å². The van der Waals surface area contributed by atoms with Gasteiger partial charge in [0, 0.05) is 19.3 Å². The second-order valence-electron chi connectivity index (χ2n) is 23.0. The molecule has 0 heterocycles. The molecule has 0 aromatic heterocycles. The van der Waals surface area contributed by atoms with E-state index < -0.39 is 6.10 Å². The van der Waals surface area contributed by atoms with Crippen LogP contribution in [-0.4, -0.2) is 37.2 Å². The lowest BCUT2D eigenvalue weighted by atomic mass is 10.0. The third kappa shape index (κ3) is 68.5. The van der Waals surface area contributed by atoms with E-state index in [1.807, 2.05) is 6.08 Å². The van der Waals surface area contributed by atoms with E-state index in [0.717, 1.165) is 103 Å². The lowest BCUT2D eigenvalue weighted by Gasteiger charge is -2.18. The first-order valence-electron chi connectivity index (χ1n) is 35.0. The highest BCUT2D eigenvalue weighted by molar-refractivity contribution is 5.71. The predicted molar refractivity (Wildman–Crippen MR) is 362 cm³/mol. The molecule has 0 aliphatic rings. The number of hydrogen-bond donors (Lipinski definition) is 0. The first-order valence-corrected chi connectivity index (χ1v) is 35.0. The van der Waals surface area contributed by atoms with Gasteiger partial charge in [0.1, 0.15) is 13.2 Å². The minimum Gasteiger partial charge on any atom is -0.462 e. The van der Waals surface area contributed by atoms with E-state index in [9.17, 15) is 14.4 Å². The second-order valence-corrected chi connectivity index (χ2v) is 23.0. The van der Waals surface area contributed by atoms with Gasteiger partial charge in [-0.05, 0) is 96.3 Å². The second kappa shape index (κ2) is 70.3. The van der Waals surface area contributed by atoms with Gasteiger partial charge in [-0.15, -0.1) is 0 Å². The van der Waals surface area contributed by atoms with E-state index in [2.05, 4.69) is 136 Å². The van der Waals surface area contributed by atoms with Crippen LogP contribution in [0.15, 0.2) is 122 Å². The molecule has 474 valence electrons. The minimum absolute atomic E-state index is 0.105. The SMILES string of the molecule is CC/C=C\C/C=C\C/C=C\C/C=C\C/C=C\C/C=C\CCC(=O)OC(COC(=O)CCCCCCCCCCCCCCC)COC(=O)CCCCCCCCCCCCCCCCCCCCCC/C=C\C/C=C\C/C=C\C/C=C\CC. The zero-order valence-corrected chi connectivity index (χ0v) is 54.4. The molecular formula is C77H130O6. The van der Waals surface area contributed by atoms with Gasteiger partial charge >= 0.3 is 17.9 Å². The zero-order chi connectivity index (χ0) is 59.9. The molecule has 0 amide bonds. The Hall–Kier alpha value is -4.19. The quantitative estimate of drug-likeness (QED) is 0.0261.